The van der Waals surface area contributed by atoms with Crippen LogP contribution in [0.3, 0.4) is 0 Å². The third-order valence-electron chi connectivity index (χ3n) is 3.56. The molecule has 0 saturated carbocycles. The molecule has 1 unspecified atom stereocenters. The number of hydrogen-bond acceptors (Lipinski definition) is 3. The summed E-state index contributed by atoms with van der Waals surface area (Å²) < 4.78 is 0. The van der Waals surface area contributed by atoms with Crippen LogP contribution in [0.2, 0.25) is 0 Å². The van der Waals surface area contributed by atoms with Crippen LogP contribution in [0.5, 0.6) is 0 Å². The van der Waals surface area contributed by atoms with E-state index in [0.717, 1.165) is 24.3 Å². The lowest BCUT2D eigenvalue weighted by atomic mass is 9.75. The van der Waals surface area contributed by atoms with E-state index in [-0.39, 0.29) is 12.0 Å². The number of rotatable bonds is 8. The van der Waals surface area contributed by atoms with Gasteiger partial charge in [-0.2, -0.15) is 11.8 Å². The van der Waals surface area contributed by atoms with Gasteiger partial charge in [-0.1, -0.05) is 31.2 Å². The largest absolute Gasteiger partial charge is 0.395 e. The number of aryl methyl sites for hydroxylation is 1. The molecule has 3 heteroatoms. The van der Waals surface area contributed by atoms with Gasteiger partial charge in [-0.05, 0) is 42.4 Å². The van der Waals surface area contributed by atoms with Gasteiger partial charge < -0.3 is 10.8 Å². The van der Waals surface area contributed by atoms with Crippen molar-refractivity contribution in [3.63, 3.8) is 0 Å². The van der Waals surface area contributed by atoms with Crippen LogP contribution >= 0.6 is 11.8 Å². The average molecular weight is 267 g/mol. The number of thioether (sulfide) groups is 1. The molecule has 0 spiro atoms. The Bertz CT molecular complexity index is 350. The van der Waals surface area contributed by atoms with Crippen LogP contribution in [0.25, 0.3) is 0 Å². The molecular weight excluding hydrogens is 242 g/mol. The third kappa shape index (κ3) is 3.74. The Morgan fingerprint density at radius 2 is 2.06 bits per heavy atom. The van der Waals surface area contributed by atoms with Crippen molar-refractivity contribution in [2.45, 2.75) is 32.1 Å². The van der Waals surface area contributed by atoms with Gasteiger partial charge in [0.15, 0.2) is 0 Å². The molecule has 1 atom stereocenters. The lowest BCUT2D eigenvalue weighted by molar-refractivity contribution is 0.187. The van der Waals surface area contributed by atoms with Crippen molar-refractivity contribution >= 4 is 11.8 Å². The highest BCUT2D eigenvalue weighted by molar-refractivity contribution is 7.99. The van der Waals surface area contributed by atoms with Crippen LogP contribution in [0.15, 0.2) is 24.3 Å². The van der Waals surface area contributed by atoms with Crippen molar-refractivity contribution in [2.75, 3.05) is 24.7 Å². The number of aliphatic hydroxyl groups excluding tert-OH is 1. The summed E-state index contributed by atoms with van der Waals surface area (Å²) in [5, 5.41) is 9.82. The van der Waals surface area contributed by atoms with Crippen molar-refractivity contribution in [1.29, 1.82) is 0 Å². The van der Waals surface area contributed by atoms with Crippen molar-refractivity contribution in [1.82, 2.24) is 0 Å². The van der Waals surface area contributed by atoms with E-state index in [1.165, 1.54) is 11.1 Å². The third-order valence-corrected chi connectivity index (χ3v) is 4.54. The first-order valence-electron chi connectivity index (χ1n) is 6.65. The molecule has 0 aliphatic rings. The molecule has 1 rings (SSSR count). The maximum atomic E-state index is 9.82. The summed E-state index contributed by atoms with van der Waals surface area (Å²) in [5.41, 5.74) is 8.13. The molecule has 102 valence electrons. The summed E-state index contributed by atoms with van der Waals surface area (Å²) in [7, 11) is 0. The second kappa shape index (κ2) is 7.82. The number of nitrogens with two attached hydrogens (primary N) is 1. The fraction of sp³-hybridized carbons (Fsp3) is 0.600. The summed E-state index contributed by atoms with van der Waals surface area (Å²) in [5.74, 6) is 2.29. The fourth-order valence-corrected chi connectivity index (χ4v) is 3.04. The van der Waals surface area contributed by atoms with E-state index < -0.39 is 0 Å². The highest BCUT2D eigenvalue weighted by Gasteiger charge is 2.30. The maximum absolute atomic E-state index is 9.82. The van der Waals surface area contributed by atoms with Crippen molar-refractivity contribution < 1.29 is 5.11 Å². The van der Waals surface area contributed by atoms with E-state index in [4.69, 9.17) is 5.73 Å². The van der Waals surface area contributed by atoms with Crippen LogP contribution in [0.4, 0.5) is 0 Å². The normalized spacial score (nSPS) is 14.4. The van der Waals surface area contributed by atoms with Crippen LogP contribution in [0.1, 0.15) is 30.9 Å². The minimum absolute atomic E-state index is 0.130. The smallest absolute Gasteiger partial charge is 0.0540 e. The first kappa shape index (κ1) is 15.5. The molecule has 18 heavy (non-hydrogen) atoms. The van der Waals surface area contributed by atoms with Gasteiger partial charge in [-0.15, -0.1) is 0 Å². The minimum Gasteiger partial charge on any atom is -0.395 e. The van der Waals surface area contributed by atoms with Crippen LogP contribution < -0.4 is 5.73 Å². The van der Waals surface area contributed by atoms with Crippen LogP contribution in [-0.4, -0.2) is 29.8 Å². The Morgan fingerprint density at radius 1 is 1.33 bits per heavy atom. The summed E-state index contributed by atoms with van der Waals surface area (Å²) in [6.45, 7) is 4.90. The van der Waals surface area contributed by atoms with E-state index in [0.29, 0.717) is 6.54 Å². The molecule has 1 aromatic rings. The summed E-state index contributed by atoms with van der Waals surface area (Å²) in [6, 6.07) is 8.26. The van der Waals surface area contributed by atoms with Crippen LogP contribution in [0, 0.1) is 6.92 Å². The molecular formula is C15H25NOS. The highest BCUT2D eigenvalue weighted by Crippen LogP contribution is 2.31. The summed E-state index contributed by atoms with van der Waals surface area (Å²) >= 11 is 1.95. The second-order valence-electron chi connectivity index (χ2n) is 4.76. The van der Waals surface area contributed by atoms with Gasteiger partial charge in [0.1, 0.15) is 0 Å². The van der Waals surface area contributed by atoms with Gasteiger partial charge in [0.05, 0.1) is 6.61 Å². The molecule has 0 heterocycles. The monoisotopic (exact) mass is 267 g/mol. The first-order valence-corrected chi connectivity index (χ1v) is 7.80. The fourth-order valence-electron chi connectivity index (χ4n) is 2.40. The number of hydrogen-bond donors (Lipinski definition) is 2. The van der Waals surface area contributed by atoms with E-state index in [9.17, 15) is 5.11 Å². The Labute approximate surface area is 115 Å². The van der Waals surface area contributed by atoms with Gasteiger partial charge >= 0.3 is 0 Å². The quantitative estimate of drug-likeness (QED) is 0.712. The summed E-state index contributed by atoms with van der Waals surface area (Å²) in [4.78, 5) is 0. The van der Waals surface area contributed by atoms with E-state index in [1.807, 2.05) is 23.9 Å². The molecule has 0 amide bonds. The Balaban J connectivity index is 2.83. The Hall–Kier alpha value is -0.510. The lowest BCUT2D eigenvalue weighted by Crippen LogP contribution is -2.39. The molecule has 0 aromatic heterocycles. The second-order valence-corrected chi connectivity index (χ2v) is 6.15. The van der Waals surface area contributed by atoms with E-state index in [2.05, 4.69) is 26.0 Å². The molecule has 2 nitrogen and oxygen atoms in total. The molecule has 0 saturated heterocycles. The predicted molar refractivity (Wildman–Crippen MR) is 81.2 cm³/mol. The van der Waals surface area contributed by atoms with Crippen LogP contribution in [-0.2, 0) is 5.41 Å². The molecule has 3 N–H and O–H groups in total. The zero-order chi connectivity index (χ0) is 13.4. The predicted octanol–water partition coefficient (Wildman–Crippen LogP) is 2.72. The van der Waals surface area contributed by atoms with E-state index >= 15 is 0 Å². The Kier molecular flexibility index (Phi) is 6.76. The van der Waals surface area contributed by atoms with Gasteiger partial charge in [0.2, 0.25) is 0 Å². The molecule has 0 radical (unpaired) electrons. The average Bonchev–Trinajstić information content (AvgIpc) is 2.41. The standard InChI is InChI=1S/C15H25NOS/c1-3-18-10-6-9-15(11-16,12-17)14-8-5-4-7-13(14)2/h4-5,7-8,17H,3,6,9-12,16H2,1-2H3. The van der Waals surface area contributed by atoms with Gasteiger partial charge in [-0.25, -0.2) is 0 Å². The molecule has 0 aliphatic heterocycles. The minimum atomic E-state index is -0.264. The maximum Gasteiger partial charge on any atom is 0.0540 e. The topological polar surface area (TPSA) is 46.2 Å². The molecule has 0 bridgehead atoms. The SMILES string of the molecule is CCSCCCC(CN)(CO)c1ccccc1C. The zero-order valence-electron chi connectivity index (χ0n) is 11.5. The summed E-state index contributed by atoms with van der Waals surface area (Å²) in [6.07, 6.45) is 2.06. The van der Waals surface area contributed by atoms with Gasteiger partial charge in [-0.3, -0.25) is 0 Å². The van der Waals surface area contributed by atoms with Gasteiger partial charge in [0.25, 0.3) is 0 Å². The number of benzene rings is 1. The Morgan fingerprint density at radius 3 is 2.61 bits per heavy atom. The number of aliphatic hydroxyl groups is 1. The highest BCUT2D eigenvalue weighted by atomic mass is 32.2. The van der Waals surface area contributed by atoms with Crippen molar-refractivity contribution in [3.05, 3.63) is 35.4 Å². The van der Waals surface area contributed by atoms with Crippen molar-refractivity contribution in [3.8, 4) is 0 Å². The lowest BCUT2D eigenvalue weighted by Gasteiger charge is -2.32. The molecule has 0 fully saturated rings. The van der Waals surface area contributed by atoms with Gasteiger partial charge in [0, 0.05) is 12.0 Å². The molecule has 1 aromatic carbocycles. The molecule has 0 aliphatic carbocycles. The zero-order valence-corrected chi connectivity index (χ0v) is 12.3. The van der Waals surface area contributed by atoms with E-state index in [1.54, 1.807) is 0 Å². The first-order chi connectivity index (χ1) is 8.70. The van der Waals surface area contributed by atoms with Crippen molar-refractivity contribution in [2.24, 2.45) is 5.73 Å².